The van der Waals surface area contributed by atoms with Crippen molar-refractivity contribution in [3.63, 3.8) is 0 Å². The van der Waals surface area contributed by atoms with Crippen molar-refractivity contribution in [2.75, 3.05) is 5.32 Å². The summed E-state index contributed by atoms with van der Waals surface area (Å²) in [5, 5.41) is 11.3. The highest BCUT2D eigenvalue weighted by atomic mass is 19.1. The Morgan fingerprint density at radius 3 is 2.60 bits per heavy atom. The monoisotopic (exact) mass is 273 g/mol. The van der Waals surface area contributed by atoms with Crippen molar-refractivity contribution < 1.29 is 13.6 Å². The molecule has 0 saturated heterocycles. The number of carbonyl (C=O) groups is 1. The molecule has 0 aliphatic heterocycles. The smallest absolute Gasteiger partial charge is 0.247 e. The molecule has 1 N–H and O–H groups in total. The summed E-state index contributed by atoms with van der Waals surface area (Å²) in [4.78, 5) is 15.6. The van der Waals surface area contributed by atoms with Crippen molar-refractivity contribution in [2.45, 2.75) is 5.92 Å². The van der Waals surface area contributed by atoms with Crippen molar-refractivity contribution >= 4 is 11.6 Å². The molecule has 0 fully saturated rings. The number of hydrogen-bond acceptors (Lipinski definition) is 3. The molecule has 0 aliphatic carbocycles. The predicted molar refractivity (Wildman–Crippen MR) is 67.6 cm³/mol. The number of benzene rings is 1. The van der Waals surface area contributed by atoms with Gasteiger partial charge in [0.05, 0.1) is 23.6 Å². The molecule has 20 heavy (non-hydrogen) atoms. The molecule has 100 valence electrons. The van der Waals surface area contributed by atoms with Gasteiger partial charge in [0.25, 0.3) is 0 Å². The zero-order valence-electron chi connectivity index (χ0n) is 10.2. The molecule has 2 rings (SSSR count). The van der Waals surface area contributed by atoms with Crippen LogP contribution in [0.3, 0.4) is 0 Å². The van der Waals surface area contributed by atoms with Crippen LogP contribution in [0.1, 0.15) is 11.6 Å². The van der Waals surface area contributed by atoms with Gasteiger partial charge in [-0.15, -0.1) is 0 Å². The first-order valence-electron chi connectivity index (χ1n) is 5.68. The average molecular weight is 273 g/mol. The van der Waals surface area contributed by atoms with E-state index in [1.54, 1.807) is 12.1 Å². The van der Waals surface area contributed by atoms with Crippen molar-refractivity contribution in [1.82, 2.24) is 4.98 Å². The number of nitrogens with one attached hydrogen (secondary N) is 1. The van der Waals surface area contributed by atoms with E-state index in [0.29, 0.717) is 0 Å². The minimum absolute atomic E-state index is 0.0279. The Balaban J connectivity index is 2.20. The third kappa shape index (κ3) is 2.95. The van der Waals surface area contributed by atoms with E-state index in [1.165, 1.54) is 24.3 Å². The molecular weight excluding hydrogens is 264 g/mol. The number of nitriles is 1. The van der Waals surface area contributed by atoms with Gasteiger partial charge in [0, 0.05) is 0 Å². The molecule has 0 unspecified atom stereocenters. The highest BCUT2D eigenvalue weighted by molar-refractivity contribution is 5.97. The van der Waals surface area contributed by atoms with E-state index in [2.05, 4.69) is 10.3 Å². The third-order valence-corrected chi connectivity index (χ3v) is 2.57. The van der Waals surface area contributed by atoms with Crippen LogP contribution < -0.4 is 5.32 Å². The van der Waals surface area contributed by atoms with Gasteiger partial charge in [-0.3, -0.25) is 9.78 Å². The molecular formula is C14H9F2N3O. The normalized spacial score (nSPS) is 11.4. The van der Waals surface area contributed by atoms with Crippen molar-refractivity contribution in [3.05, 3.63) is 59.9 Å². The largest absolute Gasteiger partial charge is 0.322 e. The van der Waals surface area contributed by atoms with E-state index in [9.17, 15) is 13.6 Å². The van der Waals surface area contributed by atoms with Gasteiger partial charge in [-0.05, 0) is 24.3 Å². The summed E-state index contributed by atoms with van der Waals surface area (Å²) in [5.74, 6) is -3.14. The summed E-state index contributed by atoms with van der Waals surface area (Å²) >= 11 is 0. The number of pyridine rings is 1. The fraction of sp³-hybridized carbons (Fsp3) is 0.0714. The molecule has 0 spiro atoms. The van der Waals surface area contributed by atoms with Crippen molar-refractivity contribution in [1.29, 1.82) is 5.26 Å². The summed E-state index contributed by atoms with van der Waals surface area (Å²) in [6, 6.07) is 9.69. The molecule has 6 heteroatoms. The minimum atomic E-state index is -1.24. The molecule has 4 nitrogen and oxygen atoms in total. The van der Waals surface area contributed by atoms with Gasteiger partial charge < -0.3 is 5.32 Å². The van der Waals surface area contributed by atoms with Gasteiger partial charge in [0.15, 0.2) is 5.92 Å². The van der Waals surface area contributed by atoms with Gasteiger partial charge in [-0.25, -0.2) is 8.78 Å². The number of para-hydroxylation sites is 1. The van der Waals surface area contributed by atoms with Crippen LogP contribution in [0.5, 0.6) is 0 Å². The summed E-state index contributed by atoms with van der Waals surface area (Å²) in [6.07, 6.45) is 0.913. The molecule has 1 aromatic heterocycles. The Kier molecular flexibility index (Phi) is 4.01. The van der Waals surface area contributed by atoms with Crippen molar-refractivity contribution in [3.8, 4) is 6.07 Å². The van der Waals surface area contributed by atoms with Crippen LogP contribution >= 0.6 is 0 Å². The second-order valence-electron chi connectivity index (χ2n) is 3.93. The van der Waals surface area contributed by atoms with Gasteiger partial charge in [-0.2, -0.15) is 5.26 Å². The lowest BCUT2D eigenvalue weighted by Gasteiger charge is -2.10. The first-order valence-corrected chi connectivity index (χ1v) is 5.68. The van der Waals surface area contributed by atoms with Gasteiger partial charge in [0.2, 0.25) is 5.91 Å². The summed E-state index contributed by atoms with van der Waals surface area (Å²) in [7, 11) is 0. The SMILES string of the molecule is N#C[C@H](C(=O)Nc1ccccc1F)c1ccc(F)cn1. The van der Waals surface area contributed by atoms with Crippen LogP contribution in [0.15, 0.2) is 42.6 Å². The van der Waals surface area contributed by atoms with E-state index >= 15 is 0 Å². The number of nitrogens with zero attached hydrogens (tertiary/aromatic N) is 2. The first kappa shape index (κ1) is 13.6. The lowest BCUT2D eigenvalue weighted by molar-refractivity contribution is -0.116. The average Bonchev–Trinajstić information content (AvgIpc) is 2.44. The standard InChI is InChI=1S/C14H9F2N3O/c15-9-5-6-12(18-8-9)10(7-17)14(20)19-13-4-2-1-3-11(13)16/h1-6,8,10H,(H,19,20)/t10-/m0/s1. The maximum absolute atomic E-state index is 13.4. The Labute approximate surface area is 113 Å². The van der Waals surface area contributed by atoms with E-state index in [-0.39, 0.29) is 11.4 Å². The fourth-order valence-corrected chi connectivity index (χ4v) is 1.58. The van der Waals surface area contributed by atoms with E-state index < -0.39 is 23.5 Å². The van der Waals surface area contributed by atoms with E-state index in [0.717, 1.165) is 12.3 Å². The molecule has 0 radical (unpaired) electrons. The van der Waals surface area contributed by atoms with E-state index in [1.807, 2.05) is 0 Å². The number of rotatable bonds is 3. The molecule has 0 aliphatic rings. The summed E-state index contributed by atoms with van der Waals surface area (Å²) < 4.78 is 26.2. The Bertz CT molecular complexity index is 665. The molecule has 1 atom stereocenters. The number of hydrogen-bond donors (Lipinski definition) is 1. The number of amides is 1. The van der Waals surface area contributed by atoms with Crippen LogP contribution in [0.25, 0.3) is 0 Å². The lowest BCUT2D eigenvalue weighted by Crippen LogP contribution is -2.21. The highest BCUT2D eigenvalue weighted by Crippen LogP contribution is 2.18. The first-order chi connectivity index (χ1) is 9.61. The maximum Gasteiger partial charge on any atom is 0.247 e. The van der Waals surface area contributed by atoms with Crippen LogP contribution in [-0.2, 0) is 4.79 Å². The molecule has 1 aromatic carbocycles. The second-order valence-corrected chi connectivity index (χ2v) is 3.93. The van der Waals surface area contributed by atoms with Crippen LogP contribution in [0.2, 0.25) is 0 Å². The number of carbonyl (C=O) groups excluding carboxylic acids is 1. The minimum Gasteiger partial charge on any atom is -0.322 e. The molecule has 1 heterocycles. The topological polar surface area (TPSA) is 65.8 Å². The number of anilines is 1. The number of aromatic nitrogens is 1. The number of halogens is 2. The zero-order valence-corrected chi connectivity index (χ0v) is 10.2. The fourth-order valence-electron chi connectivity index (χ4n) is 1.58. The van der Waals surface area contributed by atoms with Crippen LogP contribution in [-0.4, -0.2) is 10.9 Å². The van der Waals surface area contributed by atoms with Gasteiger partial charge >= 0.3 is 0 Å². The molecule has 1 amide bonds. The second kappa shape index (κ2) is 5.89. The van der Waals surface area contributed by atoms with Crippen molar-refractivity contribution in [2.24, 2.45) is 0 Å². The highest BCUT2D eigenvalue weighted by Gasteiger charge is 2.22. The van der Waals surface area contributed by atoms with Crippen LogP contribution in [0, 0.1) is 23.0 Å². The quantitative estimate of drug-likeness (QED) is 0.934. The molecule has 0 saturated carbocycles. The zero-order chi connectivity index (χ0) is 14.5. The van der Waals surface area contributed by atoms with Gasteiger partial charge in [0.1, 0.15) is 11.6 Å². The third-order valence-electron chi connectivity index (χ3n) is 2.57. The summed E-state index contributed by atoms with van der Waals surface area (Å²) in [5.41, 5.74) is 0.0719. The Morgan fingerprint density at radius 2 is 2.00 bits per heavy atom. The summed E-state index contributed by atoms with van der Waals surface area (Å²) in [6.45, 7) is 0. The lowest BCUT2D eigenvalue weighted by atomic mass is 10.1. The Morgan fingerprint density at radius 1 is 1.25 bits per heavy atom. The Hall–Kier alpha value is -2.81. The van der Waals surface area contributed by atoms with Crippen LogP contribution in [0.4, 0.5) is 14.5 Å². The molecule has 2 aromatic rings. The molecule has 0 bridgehead atoms. The van der Waals surface area contributed by atoms with E-state index in [4.69, 9.17) is 5.26 Å². The predicted octanol–water partition coefficient (Wildman–Crippen LogP) is 2.61. The maximum atomic E-state index is 13.4. The van der Waals surface area contributed by atoms with Gasteiger partial charge in [-0.1, -0.05) is 12.1 Å².